The number of benzene rings is 1. The Kier molecular flexibility index (Phi) is 4.76. The number of ether oxygens (including phenoxy) is 1. The molecular weight excluding hydrogens is 274 g/mol. The van der Waals surface area contributed by atoms with Crippen molar-refractivity contribution in [1.29, 1.82) is 0 Å². The van der Waals surface area contributed by atoms with Crippen molar-refractivity contribution in [2.45, 2.75) is 13.3 Å². The third kappa shape index (κ3) is 4.20. The SMILES string of the molecule is CC(=O)NCCC(=O)Nc1ccc(N2CCOC2=O)cc1. The molecule has 1 aliphatic rings. The Morgan fingerprint density at radius 2 is 2.00 bits per heavy atom. The molecule has 112 valence electrons. The topological polar surface area (TPSA) is 87.7 Å². The highest BCUT2D eigenvalue weighted by Gasteiger charge is 2.23. The number of anilines is 2. The number of nitrogens with one attached hydrogen (secondary N) is 2. The van der Waals surface area contributed by atoms with Crippen molar-refractivity contribution in [2.24, 2.45) is 0 Å². The van der Waals surface area contributed by atoms with E-state index in [1.807, 2.05) is 0 Å². The second kappa shape index (κ2) is 6.74. The first kappa shape index (κ1) is 14.8. The van der Waals surface area contributed by atoms with Crippen LogP contribution in [-0.4, -0.2) is 37.6 Å². The number of carbonyl (C=O) groups excluding carboxylic acids is 3. The van der Waals surface area contributed by atoms with Crippen molar-refractivity contribution in [3.05, 3.63) is 24.3 Å². The van der Waals surface area contributed by atoms with Crippen molar-refractivity contribution in [3.63, 3.8) is 0 Å². The summed E-state index contributed by atoms with van der Waals surface area (Å²) in [6, 6.07) is 6.93. The maximum Gasteiger partial charge on any atom is 0.414 e. The van der Waals surface area contributed by atoms with Gasteiger partial charge in [-0.25, -0.2) is 4.79 Å². The van der Waals surface area contributed by atoms with Gasteiger partial charge in [-0.05, 0) is 24.3 Å². The number of cyclic esters (lactones) is 1. The Morgan fingerprint density at radius 1 is 1.29 bits per heavy atom. The first-order valence-corrected chi connectivity index (χ1v) is 6.65. The zero-order chi connectivity index (χ0) is 15.2. The number of hydrogen-bond donors (Lipinski definition) is 2. The van der Waals surface area contributed by atoms with Crippen LogP contribution >= 0.6 is 0 Å². The van der Waals surface area contributed by atoms with Crippen LogP contribution in [0.3, 0.4) is 0 Å². The van der Waals surface area contributed by atoms with Crippen LogP contribution in [-0.2, 0) is 14.3 Å². The first-order valence-electron chi connectivity index (χ1n) is 6.65. The average Bonchev–Trinajstić information content (AvgIpc) is 2.85. The lowest BCUT2D eigenvalue weighted by Gasteiger charge is -2.13. The molecule has 1 aromatic carbocycles. The molecule has 2 N–H and O–H groups in total. The molecule has 0 unspecified atom stereocenters. The fraction of sp³-hybridized carbons (Fsp3) is 0.357. The summed E-state index contributed by atoms with van der Waals surface area (Å²) in [6.45, 7) is 2.63. The Bertz CT molecular complexity index is 542. The van der Waals surface area contributed by atoms with Crippen LogP contribution in [0, 0.1) is 0 Å². The highest BCUT2D eigenvalue weighted by molar-refractivity contribution is 5.92. The minimum atomic E-state index is -0.359. The molecule has 7 nitrogen and oxygen atoms in total. The molecule has 0 spiro atoms. The molecule has 0 atom stereocenters. The van der Waals surface area contributed by atoms with Crippen LogP contribution in [0.25, 0.3) is 0 Å². The Labute approximate surface area is 122 Å². The maximum atomic E-state index is 11.6. The molecule has 1 saturated heterocycles. The summed E-state index contributed by atoms with van der Waals surface area (Å²) < 4.78 is 4.86. The predicted molar refractivity (Wildman–Crippen MR) is 77.1 cm³/mol. The molecule has 0 aliphatic carbocycles. The molecule has 1 aromatic rings. The van der Waals surface area contributed by atoms with Crippen LogP contribution in [0.1, 0.15) is 13.3 Å². The van der Waals surface area contributed by atoms with E-state index >= 15 is 0 Å². The molecule has 0 bridgehead atoms. The zero-order valence-corrected chi connectivity index (χ0v) is 11.7. The van der Waals surface area contributed by atoms with Crippen LogP contribution in [0.4, 0.5) is 16.2 Å². The molecule has 7 heteroatoms. The van der Waals surface area contributed by atoms with Gasteiger partial charge in [0.15, 0.2) is 0 Å². The summed E-state index contributed by atoms with van der Waals surface area (Å²) >= 11 is 0. The van der Waals surface area contributed by atoms with E-state index < -0.39 is 0 Å². The lowest BCUT2D eigenvalue weighted by molar-refractivity contribution is -0.119. The van der Waals surface area contributed by atoms with E-state index in [-0.39, 0.29) is 24.3 Å². The van der Waals surface area contributed by atoms with Gasteiger partial charge in [-0.3, -0.25) is 14.5 Å². The first-order chi connectivity index (χ1) is 10.1. The van der Waals surface area contributed by atoms with E-state index in [1.165, 1.54) is 11.8 Å². The Hall–Kier alpha value is -2.57. The smallest absolute Gasteiger partial charge is 0.414 e. The van der Waals surface area contributed by atoms with Gasteiger partial charge in [-0.1, -0.05) is 0 Å². The van der Waals surface area contributed by atoms with Crippen molar-refractivity contribution in [3.8, 4) is 0 Å². The number of carbonyl (C=O) groups is 3. The van der Waals surface area contributed by atoms with Gasteiger partial charge in [0, 0.05) is 31.3 Å². The third-order valence-electron chi connectivity index (χ3n) is 2.95. The molecule has 2 rings (SSSR count). The van der Waals surface area contributed by atoms with E-state index in [1.54, 1.807) is 24.3 Å². The average molecular weight is 291 g/mol. The summed E-state index contributed by atoms with van der Waals surface area (Å²) in [5.41, 5.74) is 1.37. The maximum absolute atomic E-state index is 11.6. The van der Waals surface area contributed by atoms with Gasteiger partial charge in [-0.2, -0.15) is 0 Å². The molecule has 0 aromatic heterocycles. The van der Waals surface area contributed by atoms with Gasteiger partial charge >= 0.3 is 6.09 Å². The third-order valence-corrected chi connectivity index (χ3v) is 2.95. The van der Waals surface area contributed by atoms with Gasteiger partial charge in [0.25, 0.3) is 0 Å². The predicted octanol–water partition coefficient (Wildman–Crippen LogP) is 1.11. The minimum Gasteiger partial charge on any atom is -0.447 e. The summed E-state index contributed by atoms with van der Waals surface area (Å²) in [6.07, 6.45) is -0.151. The Balaban J connectivity index is 1.86. The van der Waals surface area contributed by atoms with Crippen molar-refractivity contribution in [1.82, 2.24) is 5.32 Å². The highest BCUT2D eigenvalue weighted by Crippen LogP contribution is 2.21. The summed E-state index contributed by atoms with van der Waals surface area (Å²) in [5.74, 6) is -0.346. The quantitative estimate of drug-likeness (QED) is 0.850. The van der Waals surface area contributed by atoms with Crippen LogP contribution < -0.4 is 15.5 Å². The minimum absolute atomic E-state index is 0.162. The van der Waals surface area contributed by atoms with Gasteiger partial charge in [0.2, 0.25) is 11.8 Å². The molecule has 3 amide bonds. The monoisotopic (exact) mass is 291 g/mol. The second-order valence-corrected chi connectivity index (χ2v) is 4.59. The van der Waals surface area contributed by atoms with Gasteiger partial charge < -0.3 is 15.4 Å². The van der Waals surface area contributed by atoms with E-state index in [9.17, 15) is 14.4 Å². The molecule has 1 aliphatic heterocycles. The fourth-order valence-electron chi connectivity index (χ4n) is 1.93. The van der Waals surface area contributed by atoms with Crippen molar-refractivity contribution < 1.29 is 19.1 Å². The number of hydrogen-bond acceptors (Lipinski definition) is 4. The fourth-order valence-corrected chi connectivity index (χ4v) is 1.93. The number of amides is 3. The molecule has 0 radical (unpaired) electrons. The summed E-state index contributed by atoms with van der Waals surface area (Å²) in [5, 5.41) is 5.28. The molecule has 21 heavy (non-hydrogen) atoms. The van der Waals surface area contributed by atoms with Gasteiger partial charge in [0.1, 0.15) is 6.61 Å². The van der Waals surface area contributed by atoms with Crippen LogP contribution in [0.5, 0.6) is 0 Å². The summed E-state index contributed by atoms with van der Waals surface area (Å²) in [4.78, 5) is 35.3. The van der Waals surface area contributed by atoms with E-state index in [2.05, 4.69) is 10.6 Å². The number of rotatable bonds is 5. The summed E-state index contributed by atoms with van der Waals surface area (Å²) in [7, 11) is 0. The molecule has 1 heterocycles. The largest absolute Gasteiger partial charge is 0.447 e. The van der Waals surface area contributed by atoms with E-state index in [4.69, 9.17) is 4.74 Å². The lowest BCUT2D eigenvalue weighted by Crippen LogP contribution is -2.25. The highest BCUT2D eigenvalue weighted by atomic mass is 16.6. The lowest BCUT2D eigenvalue weighted by atomic mass is 10.2. The van der Waals surface area contributed by atoms with Crippen molar-refractivity contribution in [2.75, 3.05) is 29.9 Å². The van der Waals surface area contributed by atoms with Gasteiger partial charge in [0.05, 0.1) is 6.54 Å². The van der Waals surface area contributed by atoms with Crippen LogP contribution in [0.15, 0.2) is 24.3 Å². The molecular formula is C14H17N3O4. The standard InChI is InChI=1S/C14H17N3O4/c1-10(18)15-7-6-13(19)16-11-2-4-12(5-3-11)17-8-9-21-14(17)20/h2-5H,6-9H2,1H3,(H,15,18)(H,16,19). The Morgan fingerprint density at radius 3 is 2.57 bits per heavy atom. The zero-order valence-electron chi connectivity index (χ0n) is 11.7. The second-order valence-electron chi connectivity index (χ2n) is 4.59. The molecule has 1 fully saturated rings. The van der Waals surface area contributed by atoms with E-state index in [0.29, 0.717) is 25.4 Å². The normalized spacial score (nSPS) is 13.8. The molecule has 0 saturated carbocycles. The van der Waals surface area contributed by atoms with Gasteiger partial charge in [-0.15, -0.1) is 0 Å². The van der Waals surface area contributed by atoms with E-state index in [0.717, 1.165) is 5.69 Å². The number of nitrogens with zero attached hydrogens (tertiary/aromatic N) is 1. The van der Waals surface area contributed by atoms with Crippen LogP contribution in [0.2, 0.25) is 0 Å². The van der Waals surface area contributed by atoms with Crippen molar-refractivity contribution >= 4 is 29.3 Å².